The number of carbonyl (C=O) groups excluding carboxylic acids is 2. The van der Waals surface area contributed by atoms with Gasteiger partial charge in [0.05, 0.1) is 17.9 Å². The fourth-order valence-corrected chi connectivity index (χ4v) is 5.57. The minimum atomic E-state index is -3.69. The van der Waals surface area contributed by atoms with E-state index in [-0.39, 0.29) is 24.2 Å². The third-order valence-corrected chi connectivity index (χ3v) is 6.94. The van der Waals surface area contributed by atoms with Gasteiger partial charge < -0.3 is 10.1 Å². The third kappa shape index (κ3) is 5.41. The molecule has 2 unspecified atom stereocenters. The molecule has 2 aromatic rings. The summed E-state index contributed by atoms with van der Waals surface area (Å²) in [7, 11) is -3.69. The predicted octanol–water partition coefficient (Wildman–Crippen LogP) is 2.70. The second-order valence-electron chi connectivity index (χ2n) is 7.00. The van der Waals surface area contributed by atoms with Gasteiger partial charge in [0, 0.05) is 17.5 Å². The predicted molar refractivity (Wildman–Crippen MR) is 118 cm³/mol. The number of nitrogens with one attached hydrogen (secondary N) is 1. The van der Waals surface area contributed by atoms with E-state index in [1.165, 1.54) is 4.31 Å². The minimum absolute atomic E-state index is 0.174. The molecule has 1 saturated heterocycles. The van der Waals surface area contributed by atoms with Crippen LogP contribution < -0.4 is 5.32 Å². The zero-order valence-corrected chi connectivity index (χ0v) is 18.2. The number of benzene rings is 2. The molecule has 1 aliphatic rings. The standard InChI is InChI=1S/C21H24N2O5S2/c1-2-28-21(25)16-8-10-17(11-9-16)22-20(24)19-12-18(29)13-23(19)30(26,27)14-15-6-4-3-5-7-15/h3-11,18-19,29H,2,12-14H2,1H3,(H,22,24). The van der Waals surface area contributed by atoms with Gasteiger partial charge in [0.15, 0.2) is 0 Å². The lowest BCUT2D eigenvalue weighted by Gasteiger charge is -2.23. The first-order chi connectivity index (χ1) is 14.3. The number of nitrogens with zero attached hydrogens (tertiary/aromatic N) is 1. The van der Waals surface area contributed by atoms with Crippen LogP contribution in [-0.2, 0) is 25.3 Å². The van der Waals surface area contributed by atoms with Crippen LogP contribution in [0.2, 0.25) is 0 Å². The number of carbonyl (C=O) groups is 2. The van der Waals surface area contributed by atoms with Gasteiger partial charge in [0.2, 0.25) is 15.9 Å². The highest BCUT2D eigenvalue weighted by molar-refractivity contribution is 7.88. The lowest BCUT2D eigenvalue weighted by molar-refractivity contribution is -0.119. The first kappa shape index (κ1) is 22.3. The molecule has 1 N–H and O–H groups in total. The van der Waals surface area contributed by atoms with Crippen molar-refractivity contribution in [3.8, 4) is 0 Å². The van der Waals surface area contributed by atoms with Crippen LogP contribution in [0.25, 0.3) is 0 Å². The molecule has 2 atom stereocenters. The fourth-order valence-electron chi connectivity index (χ4n) is 3.33. The number of anilines is 1. The van der Waals surface area contributed by atoms with E-state index >= 15 is 0 Å². The maximum Gasteiger partial charge on any atom is 0.338 e. The first-order valence-corrected chi connectivity index (χ1v) is 11.7. The lowest BCUT2D eigenvalue weighted by atomic mass is 10.2. The Morgan fingerprint density at radius 1 is 1.13 bits per heavy atom. The van der Waals surface area contributed by atoms with Crippen LogP contribution in [0.1, 0.15) is 29.3 Å². The molecule has 1 aliphatic heterocycles. The molecule has 0 aromatic heterocycles. The van der Waals surface area contributed by atoms with Gasteiger partial charge in [-0.1, -0.05) is 30.3 Å². The smallest absolute Gasteiger partial charge is 0.338 e. The van der Waals surface area contributed by atoms with Gasteiger partial charge in [-0.05, 0) is 43.2 Å². The Balaban J connectivity index is 1.71. The maximum atomic E-state index is 13.0. The quantitative estimate of drug-likeness (QED) is 0.502. The number of thiol groups is 1. The van der Waals surface area contributed by atoms with Gasteiger partial charge in [-0.15, -0.1) is 0 Å². The molecule has 160 valence electrons. The molecule has 0 aliphatic carbocycles. The normalized spacial score (nSPS) is 19.4. The van der Waals surface area contributed by atoms with Gasteiger partial charge in [-0.25, -0.2) is 13.2 Å². The van der Waals surface area contributed by atoms with Crippen LogP contribution in [0.5, 0.6) is 0 Å². The van der Waals surface area contributed by atoms with Crippen molar-refractivity contribution in [3.63, 3.8) is 0 Å². The Hall–Kier alpha value is -2.36. The molecule has 7 nitrogen and oxygen atoms in total. The van der Waals surface area contributed by atoms with Crippen molar-refractivity contribution < 1.29 is 22.7 Å². The topological polar surface area (TPSA) is 92.8 Å². The van der Waals surface area contributed by atoms with Crippen LogP contribution in [-0.4, -0.2) is 49.0 Å². The monoisotopic (exact) mass is 448 g/mol. The second kappa shape index (κ2) is 9.63. The van der Waals surface area contributed by atoms with Crippen LogP contribution >= 0.6 is 12.6 Å². The number of amides is 1. The largest absolute Gasteiger partial charge is 0.462 e. The fraction of sp³-hybridized carbons (Fsp3) is 0.333. The highest BCUT2D eigenvalue weighted by atomic mass is 32.2. The molecule has 3 rings (SSSR count). The van der Waals surface area contributed by atoms with Crippen LogP contribution in [0.15, 0.2) is 54.6 Å². The molecule has 2 aromatic carbocycles. The molecule has 1 fully saturated rings. The van der Waals surface area contributed by atoms with Crippen LogP contribution in [0, 0.1) is 0 Å². The molecule has 1 amide bonds. The van der Waals surface area contributed by atoms with E-state index in [4.69, 9.17) is 4.74 Å². The second-order valence-corrected chi connectivity index (χ2v) is 9.66. The van der Waals surface area contributed by atoms with E-state index < -0.39 is 27.9 Å². The van der Waals surface area contributed by atoms with Crippen molar-refractivity contribution in [3.05, 3.63) is 65.7 Å². The number of hydrogen-bond acceptors (Lipinski definition) is 6. The van der Waals surface area contributed by atoms with Gasteiger partial charge >= 0.3 is 5.97 Å². The van der Waals surface area contributed by atoms with E-state index in [1.54, 1.807) is 55.5 Å². The summed E-state index contributed by atoms with van der Waals surface area (Å²) in [6.45, 7) is 2.18. The summed E-state index contributed by atoms with van der Waals surface area (Å²) in [5, 5.41) is 2.51. The molecule has 1 heterocycles. The number of rotatable bonds is 7. The van der Waals surface area contributed by atoms with Crippen molar-refractivity contribution in [2.24, 2.45) is 0 Å². The zero-order valence-electron chi connectivity index (χ0n) is 16.5. The molecule has 9 heteroatoms. The Morgan fingerprint density at radius 2 is 1.80 bits per heavy atom. The zero-order chi connectivity index (χ0) is 21.7. The summed E-state index contributed by atoms with van der Waals surface area (Å²) in [5.74, 6) is -1.04. The van der Waals surface area contributed by atoms with Crippen molar-refractivity contribution in [2.45, 2.75) is 30.4 Å². The molecule has 0 bridgehead atoms. The maximum absolute atomic E-state index is 13.0. The average molecular weight is 449 g/mol. The number of hydrogen-bond donors (Lipinski definition) is 2. The van der Waals surface area contributed by atoms with E-state index in [0.29, 0.717) is 23.2 Å². The summed E-state index contributed by atoms with van der Waals surface area (Å²) in [5.41, 5.74) is 1.50. The highest BCUT2D eigenvalue weighted by Gasteiger charge is 2.42. The first-order valence-electron chi connectivity index (χ1n) is 9.59. The van der Waals surface area contributed by atoms with Crippen molar-refractivity contribution in [2.75, 3.05) is 18.5 Å². The van der Waals surface area contributed by atoms with Gasteiger partial charge in [0.1, 0.15) is 6.04 Å². The van der Waals surface area contributed by atoms with E-state index in [9.17, 15) is 18.0 Å². The van der Waals surface area contributed by atoms with Crippen molar-refractivity contribution in [1.29, 1.82) is 0 Å². The van der Waals surface area contributed by atoms with Gasteiger partial charge in [-0.2, -0.15) is 16.9 Å². The van der Waals surface area contributed by atoms with Crippen LogP contribution in [0.4, 0.5) is 5.69 Å². The SMILES string of the molecule is CCOC(=O)c1ccc(NC(=O)C2CC(S)CN2S(=O)(=O)Cc2ccccc2)cc1. The minimum Gasteiger partial charge on any atom is -0.462 e. The summed E-state index contributed by atoms with van der Waals surface area (Å²) in [6.07, 6.45) is 0.323. The van der Waals surface area contributed by atoms with Crippen LogP contribution in [0.3, 0.4) is 0 Å². The number of ether oxygens (including phenoxy) is 1. The molecule has 0 spiro atoms. The summed E-state index contributed by atoms with van der Waals surface area (Å²) >= 11 is 4.41. The Labute approximate surface area is 181 Å². The average Bonchev–Trinajstić information content (AvgIpc) is 3.12. The van der Waals surface area contributed by atoms with Gasteiger partial charge in [0.25, 0.3) is 0 Å². The Morgan fingerprint density at radius 3 is 2.43 bits per heavy atom. The molecular weight excluding hydrogens is 424 g/mol. The summed E-state index contributed by atoms with van der Waals surface area (Å²) < 4.78 is 32.1. The highest BCUT2D eigenvalue weighted by Crippen LogP contribution is 2.28. The summed E-state index contributed by atoms with van der Waals surface area (Å²) in [6, 6.07) is 14.3. The third-order valence-electron chi connectivity index (χ3n) is 4.75. The molecule has 0 saturated carbocycles. The van der Waals surface area contributed by atoms with Gasteiger partial charge in [-0.3, -0.25) is 4.79 Å². The number of sulfonamides is 1. The van der Waals surface area contributed by atoms with E-state index in [1.807, 2.05) is 6.07 Å². The summed E-state index contributed by atoms with van der Waals surface area (Å²) in [4.78, 5) is 24.6. The molecular formula is C21H24N2O5S2. The number of esters is 1. The Kier molecular flexibility index (Phi) is 7.17. The molecule has 30 heavy (non-hydrogen) atoms. The van der Waals surface area contributed by atoms with E-state index in [2.05, 4.69) is 17.9 Å². The van der Waals surface area contributed by atoms with Crippen molar-refractivity contribution >= 4 is 40.2 Å². The lowest BCUT2D eigenvalue weighted by Crippen LogP contribution is -2.43. The molecule has 0 radical (unpaired) electrons. The Bertz CT molecular complexity index is 994. The van der Waals surface area contributed by atoms with Crippen molar-refractivity contribution in [1.82, 2.24) is 4.31 Å². The van der Waals surface area contributed by atoms with E-state index in [0.717, 1.165) is 0 Å².